The number of nitrogens with zero attached hydrogens (tertiary/aromatic N) is 1. The summed E-state index contributed by atoms with van der Waals surface area (Å²) in [4.78, 5) is 14.3. The molecule has 19 heavy (non-hydrogen) atoms. The molecule has 1 aliphatic carbocycles. The van der Waals surface area contributed by atoms with Crippen molar-refractivity contribution in [2.45, 2.75) is 38.1 Å². The number of phenolic OH excluding ortho intramolecular Hbond substituents is 1. The molecule has 0 aromatic heterocycles. The van der Waals surface area contributed by atoms with E-state index in [0.717, 1.165) is 25.7 Å². The van der Waals surface area contributed by atoms with Crippen LogP contribution < -0.4 is 0 Å². The molecule has 1 aliphatic rings. The van der Waals surface area contributed by atoms with Gasteiger partial charge in [0, 0.05) is 18.2 Å². The molecule has 4 nitrogen and oxygen atoms in total. The molecule has 104 valence electrons. The first-order valence-corrected chi connectivity index (χ1v) is 6.93. The van der Waals surface area contributed by atoms with E-state index in [0.29, 0.717) is 12.1 Å². The Hall–Kier alpha value is -1.55. The Morgan fingerprint density at radius 3 is 2.37 bits per heavy atom. The number of aromatic hydroxyl groups is 1. The van der Waals surface area contributed by atoms with Crippen LogP contribution in [0, 0.1) is 0 Å². The van der Waals surface area contributed by atoms with E-state index < -0.39 is 0 Å². The molecular weight excluding hydrogens is 242 g/mol. The molecular formula is C15H21NO3. The predicted octanol–water partition coefficient (Wildman–Crippen LogP) is 2.16. The number of rotatable bonds is 4. The number of benzene rings is 1. The number of hydrogen-bond donors (Lipinski definition) is 2. The number of carbonyl (C=O) groups excluding carboxylic acids is 1. The summed E-state index contributed by atoms with van der Waals surface area (Å²) in [6, 6.07) is 6.54. The van der Waals surface area contributed by atoms with Gasteiger partial charge in [-0.1, -0.05) is 19.3 Å². The SMILES string of the molecule is O=C(c1ccc(O)cc1)N(CCO)C1CCCCC1. The van der Waals surface area contributed by atoms with Crippen LogP contribution in [-0.2, 0) is 0 Å². The van der Waals surface area contributed by atoms with Gasteiger partial charge in [0.05, 0.1) is 6.61 Å². The molecule has 1 aromatic rings. The van der Waals surface area contributed by atoms with Gasteiger partial charge in [0.1, 0.15) is 5.75 Å². The molecule has 0 unspecified atom stereocenters. The quantitative estimate of drug-likeness (QED) is 0.875. The van der Waals surface area contributed by atoms with Crippen molar-refractivity contribution in [3.05, 3.63) is 29.8 Å². The first kappa shape index (κ1) is 13.9. The molecule has 0 atom stereocenters. The first-order valence-electron chi connectivity index (χ1n) is 6.93. The second kappa shape index (κ2) is 6.57. The molecule has 0 bridgehead atoms. The second-order valence-corrected chi connectivity index (χ2v) is 5.06. The maximum absolute atomic E-state index is 12.5. The average molecular weight is 263 g/mol. The molecule has 4 heteroatoms. The Labute approximate surface area is 113 Å². The van der Waals surface area contributed by atoms with Gasteiger partial charge in [0.25, 0.3) is 5.91 Å². The summed E-state index contributed by atoms with van der Waals surface area (Å²) in [5.41, 5.74) is 0.567. The largest absolute Gasteiger partial charge is 0.508 e. The number of hydrogen-bond acceptors (Lipinski definition) is 3. The lowest BCUT2D eigenvalue weighted by atomic mass is 9.93. The van der Waals surface area contributed by atoms with E-state index in [1.165, 1.54) is 18.6 Å². The van der Waals surface area contributed by atoms with Crippen LogP contribution in [0.2, 0.25) is 0 Å². The molecule has 1 saturated carbocycles. The minimum absolute atomic E-state index is 0.0136. The highest BCUT2D eigenvalue weighted by molar-refractivity contribution is 5.94. The predicted molar refractivity (Wildman–Crippen MR) is 73.1 cm³/mol. The second-order valence-electron chi connectivity index (χ2n) is 5.06. The van der Waals surface area contributed by atoms with Gasteiger partial charge in [-0.25, -0.2) is 0 Å². The number of phenols is 1. The van der Waals surface area contributed by atoms with Crippen molar-refractivity contribution < 1.29 is 15.0 Å². The molecule has 0 aliphatic heterocycles. The molecule has 0 radical (unpaired) electrons. The van der Waals surface area contributed by atoms with Crippen molar-refractivity contribution in [1.29, 1.82) is 0 Å². The third-order valence-electron chi connectivity index (χ3n) is 3.73. The van der Waals surface area contributed by atoms with Gasteiger partial charge in [-0.15, -0.1) is 0 Å². The Bertz CT molecular complexity index is 410. The highest BCUT2D eigenvalue weighted by Crippen LogP contribution is 2.24. The molecule has 0 spiro atoms. The molecule has 2 rings (SSSR count). The fourth-order valence-electron chi connectivity index (χ4n) is 2.72. The smallest absolute Gasteiger partial charge is 0.254 e. The lowest BCUT2D eigenvalue weighted by molar-refractivity contribution is 0.0585. The standard InChI is InChI=1S/C15H21NO3/c17-11-10-16(13-4-2-1-3-5-13)15(19)12-6-8-14(18)9-7-12/h6-9,13,17-18H,1-5,10-11H2. The molecule has 1 amide bonds. The number of carbonyl (C=O) groups is 1. The van der Waals surface area contributed by atoms with Crippen LogP contribution in [0.1, 0.15) is 42.5 Å². The average Bonchev–Trinajstić information content (AvgIpc) is 2.46. The van der Waals surface area contributed by atoms with Crippen LogP contribution in [0.15, 0.2) is 24.3 Å². The summed E-state index contributed by atoms with van der Waals surface area (Å²) in [6.07, 6.45) is 5.56. The van der Waals surface area contributed by atoms with E-state index in [2.05, 4.69) is 0 Å². The molecule has 1 fully saturated rings. The Morgan fingerprint density at radius 1 is 1.16 bits per heavy atom. The van der Waals surface area contributed by atoms with E-state index in [1.54, 1.807) is 17.0 Å². The van der Waals surface area contributed by atoms with Gasteiger partial charge in [-0.3, -0.25) is 4.79 Å². The normalized spacial score (nSPS) is 16.3. The van der Waals surface area contributed by atoms with Gasteiger partial charge in [-0.05, 0) is 37.1 Å². The summed E-state index contributed by atoms with van der Waals surface area (Å²) in [5, 5.41) is 18.4. The van der Waals surface area contributed by atoms with Gasteiger partial charge < -0.3 is 15.1 Å². The lowest BCUT2D eigenvalue weighted by Gasteiger charge is -2.34. The van der Waals surface area contributed by atoms with E-state index in [9.17, 15) is 15.0 Å². The van der Waals surface area contributed by atoms with Crippen molar-refractivity contribution >= 4 is 5.91 Å². The lowest BCUT2D eigenvalue weighted by Crippen LogP contribution is -2.43. The van der Waals surface area contributed by atoms with Crippen molar-refractivity contribution in [1.82, 2.24) is 4.90 Å². The number of aliphatic hydroxyl groups excluding tert-OH is 1. The summed E-state index contributed by atoms with van der Waals surface area (Å²) in [6.45, 7) is 0.366. The van der Waals surface area contributed by atoms with E-state index in [4.69, 9.17) is 0 Å². The van der Waals surface area contributed by atoms with Gasteiger partial charge in [-0.2, -0.15) is 0 Å². The third kappa shape index (κ3) is 3.47. The summed E-state index contributed by atoms with van der Waals surface area (Å²) in [7, 11) is 0. The minimum Gasteiger partial charge on any atom is -0.508 e. The third-order valence-corrected chi connectivity index (χ3v) is 3.73. The van der Waals surface area contributed by atoms with Gasteiger partial charge >= 0.3 is 0 Å². The zero-order valence-electron chi connectivity index (χ0n) is 11.1. The highest BCUT2D eigenvalue weighted by Gasteiger charge is 2.25. The topological polar surface area (TPSA) is 60.8 Å². The Balaban J connectivity index is 2.13. The van der Waals surface area contributed by atoms with Crippen molar-refractivity contribution in [2.75, 3.05) is 13.2 Å². The summed E-state index contributed by atoms with van der Waals surface area (Å²) in [5.74, 6) is 0.101. The number of aliphatic hydroxyl groups is 1. The zero-order valence-corrected chi connectivity index (χ0v) is 11.1. The van der Waals surface area contributed by atoms with Crippen LogP contribution in [-0.4, -0.2) is 40.2 Å². The van der Waals surface area contributed by atoms with Crippen molar-refractivity contribution in [2.24, 2.45) is 0 Å². The maximum atomic E-state index is 12.5. The van der Waals surface area contributed by atoms with Crippen LogP contribution in [0.3, 0.4) is 0 Å². The van der Waals surface area contributed by atoms with Crippen LogP contribution in [0.4, 0.5) is 0 Å². The molecule has 1 aromatic carbocycles. The first-order chi connectivity index (χ1) is 9.22. The molecule has 2 N–H and O–H groups in total. The molecule has 0 heterocycles. The van der Waals surface area contributed by atoms with Crippen LogP contribution in [0.25, 0.3) is 0 Å². The Kier molecular flexibility index (Phi) is 4.80. The van der Waals surface area contributed by atoms with E-state index in [1.807, 2.05) is 0 Å². The van der Waals surface area contributed by atoms with Crippen molar-refractivity contribution in [3.63, 3.8) is 0 Å². The molecule has 0 saturated heterocycles. The fourth-order valence-corrected chi connectivity index (χ4v) is 2.72. The summed E-state index contributed by atoms with van der Waals surface area (Å²) >= 11 is 0. The Morgan fingerprint density at radius 2 is 1.79 bits per heavy atom. The van der Waals surface area contributed by atoms with Gasteiger partial charge in [0.15, 0.2) is 0 Å². The number of amides is 1. The van der Waals surface area contributed by atoms with Crippen molar-refractivity contribution in [3.8, 4) is 5.75 Å². The maximum Gasteiger partial charge on any atom is 0.254 e. The van der Waals surface area contributed by atoms with Gasteiger partial charge in [0.2, 0.25) is 0 Å². The van der Waals surface area contributed by atoms with Crippen LogP contribution in [0.5, 0.6) is 5.75 Å². The summed E-state index contributed by atoms with van der Waals surface area (Å²) < 4.78 is 0. The monoisotopic (exact) mass is 263 g/mol. The van der Waals surface area contributed by atoms with E-state index >= 15 is 0 Å². The van der Waals surface area contributed by atoms with E-state index in [-0.39, 0.29) is 24.3 Å². The van der Waals surface area contributed by atoms with Crippen LogP contribution >= 0.6 is 0 Å². The minimum atomic E-state index is -0.0547. The fraction of sp³-hybridized carbons (Fsp3) is 0.533. The zero-order chi connectivity index (χ0) is 13.7. The highest BCUT2D eigenvalue weighted by atomic mass is 16.3.